The van der Waals surface area contributed by atoms with Gasteiger partial charge in [-0.1, -0.05) is 24.3 Å². The number of nitrogens with two attached hydrogens (primary N) is 1. The summed E-state index contributed by atoms with van der Waals surface area (Å²) in [5.41, 5.74) is 9.90. The van der Waals surface area contributed by atoms with Gasteiger partial charge in [0, 0.05) is 32.4 Å². The largest absolute Gasteiger partial charge is 0.351 e. The van der Waals surface area contributed by atoms with Crippen LogP contribution in [0.25, 0.3) is 16.8 Å². The van der Waals surface area contributed by atoms with E-state index in [2.05, 4.69) is 10.1 Å². The Bertz CT molecular complexity index is 1020. The molecule has 0 saturated carbocycles. The monoisotopic (exact) mass is 426 g/mol. The zero-order chi connectivity index (χ0) is 22.4. The molecule has 3 aromatic rings. The first-order valence-corrected chi connectivity index (χ1v) is 10.1. The average Bonchev–Trinajstić information content (AvgIpc) is 3.42. The summed E-state index contributed by atoms with van der Waals surface area (Å²) < 4.78 is 15.0. The van der Waals surface area contributed by atoms with Crippen LogP contribution in [0.2, 0.25) is 0 Å². The predicted octanol–water partition coefficient (Wildman–Crippen LogP) is 1.54. The van der Waals surface area contributed by atoms with Gasteiger partial charge < -0.3 is 15.5 Å². The van der Waals surface area contributed by atoms with Crippen molar-refractivity contribution >= 4 is 18.0 Å². The number of amides is 2. The van der Waals surface area contributed by atoms with Crippen LogP contribution < -0.4 is 5.73 Å². The summed E-state index contributed by atoms with van der Waals surface area (Å²) >= 11 is 0. The first-order chi connectivity index (χ1) is 14.9. The number of carbonyl (C=O) groups is 2. The standard InChI is InChI=1S/C19H20FN5O.C3H7NO/c20-16-7-8-24(11-16)19(26)17(21)9-13-1-3-14(4-2-13)15-5-6-18-22-12-23-25(18)10-15;1-4(2)3-5/h1-6,10,12,16-17H,7-9,11,21H2;3H,1-2H3/t16-,17+;/m1./s1. The third kappa shape index (κ3) is 5.85. The van der Waals surface area contributed by atoms with E-state index in [1.165, 1.54) is 16.1 Å². The number of halogens is 1. The summed E-state index contributed by atoms with van der Waals surface area (Å²) in [5.74, 6) is -0.175. The molecule has 1 aliphatic rings. The van der Waals surface area contributed by atoms with Crippen molar-refractivity contribution in [3.05, 3.63) is 54.5 Å². The van der Waals surface area contributed by atoms with Crippen LogP contribution in [0.4, 0.5) is 4.39 Å². The van der Waals surface area contributed by atoms with E-state index in [-0.39, 0.29) is 12.5 Å². The molecule has 2 atom stereocenters. The van der Waals surface area contributed by atoms with E-state index >= 15 is 0 Å². The fourth-order valence-corrected chi connectivity index (χ4v) is 3.31. The van der Waals surface area contributed by atoms with Crippen molar-refractivity contribution in [2.45, 2.75) is 25.1 Å². The molecule has 1 aliphatic heterocycles. The Kier molecular flexibility index (Phi) is 7.30. The molecule has 0 bridgehead atoms. The molecule has 2 aromatic heterocycles. The minimum Gasteiger partial charge on any atom is -0.351 e. The smallest absolute Gasteiger partial charge is 0.239 e. The summed E-state index contributed by atoms with van der Waals surface area (Å²) in [5, 5.41) is 4.14. The number of pyridine rings is 1. The second kappa shape index (κ2) is 10.1. The maximum atomic E-state index is 13.3. The van der Waals surface area contributed by atoms with Gasteiger partial charge in [-0.15, -0.1) is 0 Å². The van der Waals surface area contributed by atoms with Crippen LogP contribution in [0, 0.1) is 0 Å². The summed E-state index contributed by atoms with van der Waals surface area (Å²) in [7, 11) is 3.38. The summed E-state index contributed by atoms with van der Waals surface area (Å²) in [6.45, 7) is 0.619. The van der Waals surface area contributed by atoms with Gasteiger partial charge in [-0.25, -0.2) is 13.9 Å². The highest BCUT2D eigenvalue weighted by Gasteiger charge is 2.29. The number of benzene rings is 1. The van der Waals surface area contributed by atoms with Crippen molar-refractivity contribution in [3.8, 4) is 11.1 Å². The molecule has 1 fully saturated rings. The van der Waals surface area contributed by atoms with Crippen molar-refractivity contribution in [3.63, 3.8) is 0 Å². The van der Waals surface area contributed by atoms with Crippen LogP contribution in [0.15, 0.2) is 48.9 Å². The number of hydrogen-bond donors (Lipinski definition) is 1. The van der Waals surface area contributed by atoms with Gasteiger partial charge in [0.1, 0.15) is 12.5 Å². The van der Waals surface area contributed by atoms with Crippen molar-refractivity contribution in [1.82, 2.24) is 24.4 Å². The van der Waals surface area contributed by atoms with Gasteiger partial charge in [0.2, 0.25) is 12.3 Å². The molecule has 1 aromatic carbocycles. The number of carbonyl (C=O) groups excluding carboxylic acids is 2. The van der Waals surface area contributed by atoms with Crippen LogP contribution in [-0.2, 0) is 16.0 Å². The Labute approximate surface area is 180 Å². The van der Waals surface area contributed by atoms with Crippen LogP contribution in [0.5, 0.6) is 0 Å². The van der Waals surface area contributed by atoms with E-state index in [4.69, 9.17) is 5.73 Å². The molecule has 8 nitrogen and oxygen atoms in total. The second-order valence-corrected chi connectivity index (χ2v) is 7.73. The Morgan fingerprint density at radius 3 is 2.55 bits per heavy atom. The summed E-state index contributed by atoms with van der Waals surface area (Å²) in [4.78, 5) is 28.8. The molecule has 0 unspecified atom stereocenters. The molecule has 2 N–H and O–H groups in total. The number of nitrogens with zero attached hydrogens (tertiary/aromatic N) is 5. The minimum atomic E-state index is -0.923. The molecule has 164 valence electrons. The highest BCUT2D eigenvalue weighted by molar-refractivity contribution is 5.82. The van der Waals surface area contributed by atoms with E-state index in [0.717, 1.165) is 28.7 Å². The second-order valence-electron chi connectivity index (χ2n) is 7.73. The van der Waals surface area contributed by atoms with Gasteiger partial charge in [-0.3, -0.25) is 9.59 Å². The lowest BCUT2D eigenvalue weighted by molar-refractivity contribution is -0.131. The highest BCUT2D eigenvalue weighted by atomic mass is 19.1. The molecule has 0 spiro atoms. The van der Waals surface area contributed by atoms with E-state index in [1.54, 1.807) is 18.6 Å². The van der Waals surface area contributed by atoms with Crippen LogP contribution in [0.3, 0.4) is 0 Å². The Morgan fingerprint density at radius 2 is 1.94 bits per heavy atom. The number of aromatic nitrogens is 3. The maximum Gasteiger partial charge on any atom is 0.239 e. The number of alkyl halides is 1. The van der Waals surface area contributed by atoms with Crippen molar-refractivity contribution < 1.29 is 14.0 Å². The zero-order valence-electron chi connectivity index (χ0n) is 17.7. The normalized spacial score (nSPS) is 16.5. The van der Waals surface area contributed by atoms with E-state index in [0.29, 0.717) is 19.4 Å². The van der Waals surface area contributed by atoms with Gasteiger partial charge in [-0.2, -0.15) is 5.10 Å². The third-order valence-corrected chi connectivity index (χ3v) is 4.99. The fourth-order valence-electron chi connectivity index (χ4n) is 3.31. The third-order valence-electron chi connectivity index (χ3n) is 4.99. The van der Waals surface area contributed by atoms with Crippen LogP contribution >= 0.6 is 0 Å². The lowest BCUT2D eigenvalue weighted by atomic mass is 10.0. The van der Waals surface area contributed by atoms with Crippen molar-refractivity contribution in [2.24, 2.45) is 5.73 Å². The number of likely N-dealkylation sites (tertiary alicyclic amines) is 1. The van der Waals surface area contributed by atoms with Crippen molar-refractivity contribution in [2.75, 3.05) is 27.2 Å². The Balaban J connectivity index is 0.000000491. The predicted molar refractivity (Wildman–Crippen MR) is 116 cm³/mol. The molecule has 0 aliphatic carbocycles. The molecule has 0 radical (unpaired) electrons. The molecule has 2 amide bonds. The van der Waals surface area contributed by atoms with E-state index in [9.17, 15) is 14.0 Å². The molecule has 3 heterocycles. The average molecular weight is 426 g/mol. The fraction of sp³-hybridized carbons (Fsp3) is 0.364. The van der Waals surface area contributed by atoms with Crippen LogP contribution in [0.1, 0.15) is 12.0 Å². The van der Waals surface area contributed by atoms with E-state index < -0.39 is 12.2 Å². The number of rotatable bonds is 5. The first kappa shape index (κ1) is 22.4. The highest BCUT2D eigenvalue weighted by Crippen LogP contribution is 2.21. The molecule has 4 rings (SSSR count). The molecule has 31 heavy (non-hydrogen) atoms. The Hall–Kier alpha value is -3.33. The SMILES string of the molecule is CN(C)C=O.N[C@@H](Cc1ccc(-c2ccc3ncnn3c2)cc1)C(=O)N1CC[C@@H](F)C1. The van der Waals surface area contributed by atoms with Gasteiger partial charge in [-0.05, 0) is 36.1 Å². The first-order valence-electron chi connectivity index (χ1n) is 10.1. The molecule has 9 heteroatoms. The van der Waals surface area contributed by atoms with Crippen molar-refractivity contribution in [1.29, 1.82) is 0 Å². The number of hydrogen-bond acceptors (Lipinski definition) is 5. The topological polar surface area (TPSA) is 96.8 Å². The molecular formula is C22H27FN6O2. The van der Waals surface area contributed by atoms with Crippen LogP contribution in [-0.4, -0.2) is 76.1 Å². The summed E-state index contributed by atoms with van der Waals surface area (Å²) in [6, 6.07) is 11.2. The lowest BCUT2D eigenvalue weighted by Gasteiger charge is -2.20. The summed E-state index contributed by atoms with van der Waals surface area (Å²) in [6.07, 6.45) is 4.12. The Morgan fingerprint density at radius 1 is 1.26 bits per heavy atom. The number of fused-ring (bicyclic) bond motifs is 1. The zero-order valence-corrected chi connectivity index (χ0v) is 17.7. The molecule has 1 saturated heterocycles. The van der Waals surface area contributed by atoms with Gasteiger partial charge in [0.15, 0.2) is 5.65 Å². The van der Waals surface area contributed by atoms with Gasteiger partial charge in [0.25, 0.3) is 0 Å². The minimum absolute atomic E-state index is 0.163. The lowest BCUT2D eigenvalue weighted by Crippen LogP contribution is -2.44. The van der Waals surface area contributed by atoms with Gasteiger partial charge in [0.05, 0.1) is 12.6 Å². The maximum absolute atomic E-state index is 13.3. The quantitative estimate of drug-likeness (QED) is 0.625. The van der Waals surface area contributed by atoms with E-state index in [1.807, 2.05) is 42.6 Å². The molecular weight excluding hydrogens is 399 g/mol. The van der Waals surface area contributed by atoms with Gasteiger partial charge >= 0.3 is 0 Å².